The number of rotatable bonds is 3. The van der Waals surface area contributed by atoms with E-state index in [1.165, 1.54) is 6.07 Å². The molecule has 3 heterocycles. The predicted molar refractivity (Wildman–Crippen MR) is 124 cm³/mol. The van der Waals surface area contributed by atoms with Crippen LogP contribution in [0.3, 0.4) is 0 Å². The molecule has 0 spiro atoms. The number of H-pyrrole nitrogens is 1. The third-order valence-electron chi connectivity index (χ3n) is 6.32. The van der Waals surface area contributed by atoms with Crippen molar-refractivity contribution in [1.29, 1.82) is 0 Å². The van der Waals surface area contributed by atoms with Crippen molar-refractivity contribution in [1.82, 2.24) is 19.4 Å². The largest absolute Gasteiger partial charge is 0.361 e. The lowest BCUT2D eigenvalue weighted by atomic mass is 10.1. The number of para-hydroxylation sites is 2. The molecule has 5 rings (SSSR count). The zero-order valence-electron chi connectivity index (χ0n) is 17.9. The first-order chi connectivity index (χ1) is 15.5. The lowest BCUT2D eigenvalue weighted by Gasteiger charge is -2.35. The van der Waals surface area contributed by atoms with E-state index in [-0.39, 0.29) is 17.4 Å². The van der Waals surface area contributed by atoms with Gasteiger partial charge in [0, 0.05) is 61.8 Å². The molecule has 2 aromatic carbocycles. The van der Waals surface area contributed by atoms with Crippen molar-refractivity contribution >= 4 is 33.6 Å². The summed E-state index contributed by atoms with van der Waals surface area (Å²) in [5, 5.41) is 1.82. The highest BCUT2D eigenvalue weighted by Gasteiger charge is 2.26. The van der Waals surface area contributed by atoms with E-state index in [1.807, 2.05) is 59.6 Å². The minimum Gasteiger partial charge on any atom is -0.361 e. The van der Waals surface area contributed by atoms with Gasteiger partial charge in [-0.2, -0.15) is 0 Å². The van der Waals surface area contributed by atoms with Crippen LogP contribution in [-0.2, 0) is 18.3 Å². The third-order valence-corrected chi connectivity index (χ3v) is 6.32. The minimum absolute atomic E-state index is 0.0564. The van der Waals surface area contributed by atoms with Gasteiger partial charge in [-0.05, 0) is 17.7 Å². The van der Waals surface area contributed by atoms with Crippen LogP contribution in [0.15, 0.2) is 65.6 Å². The number of piperazine rings is 1. The van der Waals surface area contributed by atoms with Crippen LogP contribution in [0.25, 0.3) is 21.8 Å². The van der Waals surface area contributed by atoms with Crippen LogP contribution in [0, 0.1) is 0 Å². The highest BCUT2D eigenvalue weighted by Crippen LogP contribution is 2.21. The number of benzene rings is 2. The van der Waals surface area contributed by atoms with Crippen LogP contribution in [-0.4, -0.2) is 57.3 Å². The number of hydrogen-bond donors (Lipinski definition) is 1. The van der Waals surface area contributed by atoms with E-state index >= 15 is 0 Å². The average Bonchev–Trinajstić information content (AvgIpc) is 3.24. The number of nitrogens with one attached hydrogen (secondary N) is 1. The van der Waals surface area contributed by atoms with Gasteiger partial charge in [0.1, 0.15) is 0 Å². The minimum atomic E-state index is -0.209. The monoisotopic (exact) mass is 428 g/mol. The van der Waals surface area contributed by atoms with Crippen molar-refractivity contribution in [2.75, 3.05) is 26.2 Å². The zero-order valence-corrected chi connectivity index (χ0v) is 17.9. The van der Waals surface area contributed by atoms with Gasteiger partial charge in [-0.3, -0.25) is 14.4 Å². The van der Waals surface area contributed by atoms with Crippen molar-refractivity contribution in [3.8, 4) is 0 Å². The molecule has 2 aromatic heterocycles. The highest BCUT2D eigenvalue weighted by atomic mass is 16.2. The first kappa shape index (κ1) is 20.1. The van der Waals surface area contributed by atoms with Gasteiger partial charge in [-0.25, -0.2) is 0 Å². The molecular formula is C25H24N4O3. The number of pyridine rings is 1. The Bertz CT molecular complexity index is 1390. The van der Waals surface area contributed by atoms with Crippen molar-refractivity contribution in [2.24, 2.45) is 7.05 Å². The Kier molecular flexibility index (Phi) is 5.01. The van der Waals surface area contributed by atoms with Crippen LogP contribution in [0.2, 0.25) is 0 Å². The SMILES string of the molecule is Cn1c(=O)cc(C(=O)N2CCN(C(=O)Cc3c[nH]c4ccccc34)CC2)c2ccccc21. The molecule has 4 aromatic rings. The molecular weight excluding hydrogens is 404 g/mol. The Labute approximate surface area is 184 Å². The molecule has 1 N–H and O–H groups in total. The third kappa shape index (κ3) is 3.45. The van der Waals surface area contributed by atoms with Crippen LogP contribution in [0.1, 0.15) is 15.9 Å². The predicted octanol–water partition coefficient (Wildman–Crippen LogP) is 2.55. The molecule has 162 valence electrons. The standard InChI is InChI=1S/C25H24N4O3/c1-27-22-9-5-3-7-19(22)20(15-23(27)30)25(32)29-12-10-28(11-13-29)24(31)14-17-16-26-21-8-4-2-6-18(17)21/h2-9,15-16,26H,10-14H2,1H3. The van der Waals surface area contributed by atoms with E-state index in [2.05, 4.69) is 4.98 Å². The Morgan fingerprint density at radius 2 is 1.56 bits per heavy atom. The molecule has 1 aliphatic heterocycles. The number of hydrogen-bond acceptors (Lipinski definition) is 3. The van der Waals surface area contributed by atoms with Crippen LogP contribution in [0.5, 0.6) is 0 Å². The quantitative estimate of drug-likeness (QED) is 0.545. The van der Waals surface area contributed by atoms with E-state index in [4.69, 9.17) is 0 Å². The Morgan fingerprint density at radius 3 is 2.34 bits per heavy atom. The summed E-state index contributed by atoms with van der Waals surface area (Å²) in [6.45, 7) is 1.86. The fourth-order valence-electron chi connectivity index (χ4n) is 4.47. The molecule has 0 radical (unpaired) electrons. The highest BCUT2D eigenvalue weighted by molar-refractivity contribution is 6.06. The summed E-state index contributed by atoms with van der Waals surface area (Å²) < 4.78 is 1.55. The van der Waals surface area contributed by atoms with Crippen LogP contribution < -0.4 is 5.56 Å². The van der Waals surface area contributed by atoms with E-state index < -0.39 is 0 Å². The average molecular weight is 428 g/mol. The van der Waals surface area contributed by atoms with Crippen LogP contribution in [0.4, 0.5) is 0 Å². The second-order valence-corrected chi connectivity index (χ2v) is 8.18. The second kappa shape index (κ2) is 8.00. The number of aromatic amines is 1. The number of fused-ring (bicyclic) bond motifs is 2. The molecule has 7 nitrogen and oxygen atoms in total. The van der Waals surface area contributed by atoms with Gasteiger partial charge in [0.15, 0.2) is 0 Å². The van der Waals surface area contributed by atoms with Gasteiger partial charge >= 0.3 is 0 Å². The first-order valence-electron chi connectivity index (χ1n) is 10.7. The maximum atomic E-state index is 13.2. The molecule has 0 unspecified atom stereocenters. The topological polar surface area (TPSA) is 78.4 Å². The molecule has 1 aliphatic rings. The molecule has 2 amide bonds. The van der Waals surface area contributed by atoms with Crippen molar-refractivity contribution < 1.29 is 9.59 Å². The molecule has 7 heteroatoms. The van der Waals surface area contributed by atoms with E-state index in [0.717, 1.165) is 27.4 Å². The lowest BCUT2D eigenvalue weighted by molar-refractivity contribution is -0.131. The summed E-state index contributed by atoms with van der Waals surface area (Å²) in [7, 11) is 1.71. The summed E-state index contributed by atoms with van der Waals surface area (Å²) in [5.74, 6) is -0.108. The van der Waals surface area contributed by atoms with E-state index in [1.54, 1.807) is 16.5 Å². The fourth-order valence-corrected chi connectivity index (χ4v) is 4.47. The molecule has 0 atom stereocenters. The maximum absolute atomic E-state index is 13.2. The number of amides is 2. The van der Waals surface area contributed by atoms with Crippen molar-refractivity contribution in [2.45, 2.75) is 6.42 Å². The normalized spacial score (nSPS) is 14.3. The summed E-state index contributed by atoms with van der Waals surface area (Å²) in [6.07, 6.45) is 2.22. The number of carbonyl (C=O) groups excluding carboxylic acids is 2. The fraction of sp³-hybridized carbons (Fsp3) is 0.240. The Morgan fingerprint density at radius 1 is 0.906 bits per heavy atom. The van der Waals surface area contributed by atoms with E-state index in [9.17, 15) is 14.4 Å². The van der Waals surface area contributed by atoms with Crippen molar-refractivity contribution in [3.63, 3.8) is 0 Å². The number of carbonyl (C=O) groups is 2. The molecule has 0 bridgehead atoms. The number of aryl methyl sites for hydroxylation is 1. The van der Waals surface area contributed by atoms with Gasteiger partial charge in [0.25, 0.3) is 11.5 Å². The molecule has 0 saturated carbocycles. The van der Waals surface area contributed by atoms with Gasteiger partial charge in [-0.1, -0.05) is 36.4 Å². The summed E-state index contributed by atoms with van der Waals surface area (Å²) in [5.41, 5.74) is 2.94. The summed E-state index contributed by atoms with van der Waals surface area (Å²) in [4.78, 5) is 45.2. The van der Waals surface area contributed by atoms with Gasteiger partial charge in [0.05, 0.1) is 17.5 Å². The smallest absolute Gasteiger partial charge is 0.254 e. The van der Waals surface area contributed by atoms with Gasteiger partial charge < -0.3 is 19.4 Å². The summed E-state index contributed by atoms with van der Waals surface area (Å²) in [6, 6.07) is 16.8. The number of aromatic nitrogens is 2. The molecule has 0 aliphatic carbocycles. The lowest BCUT2D eigenvalue weighted by Crippen LogP contribution is -2.51. The first-order valence-corrected chi connectivity index (χ1v) is 10.7. The zero-order chi connectivity index (χ0) is 22.2. The summed E-state index contributed by atoms with van der Waals surface area (Å²) >= 11 is 0. The Hall–Kier alpha value is -3.87. The molecule has 32 heavy (non-hydrogen) atoms. The molecule has 1 fully saturated rings. The van der Waals surface area contributed by atoms with Crippen LogP contribution >= 0.6 is 0 Å². The number of nitrogens with zero attached hydrogens (tertiary/aromatic N) is 3. The molecule has 1 saturated heterocycles. The van der Waals surface area contributed by atoms with E-state index in [0.29, 0.717) is 38.2 Å². The van der Waals surface area contributed by atoms with Gasteiger partial charge in [-0.15, -0.1) is 0 Å². The Balaban J connectivity index is 1.29. The van der Waals surface area contributed by atoms with Gasteiger partial charge in [0.2, 0.25) is 5.91 Å². The second-order valence-electron chi connectivity index (χ2n) is 8.18. The maximum Gasteiger partial charge on any atom is 0.254 e. The van der Waals surface area contributed by atoms with Crippen molar-refractivity contribution in [3.05, 3.63) is 82.3 Å².